The third kappa shape index (κ3) is 3.74. The quantitative estimate of drug-likeness (QED) is 0.609. The van der Waals surface area contributed by atoms with Gasteiger partial charge in [0.1, 0.15) is 11.9 Å². The fraction of sp³-hybridized carbons (Fsp3) is 0.462. The second kappa shape index (κ2) is 7.94. The molecule has 0 unspecified atom stereocenters. The Bertz CT molecular complexity index is 1220. The van der Waals surface area contributed by atoms with E-state index < -0.39 is 5.79 Å². The highest BCUT2D eigenvalue weighted by Crippen LogP contribution is 2.42. The molecule has 33 heavy (non-hydrogen) atoms. The average molecular weight is 447 g/mol. The average Bonchev–Trinajstić information content (AvgIpc) is 3.58. The fourth-order valence-electron chi connectivity index (χ4n) is 5.55. The molecule has 4 atom stereocenters. The van der Waals surface area contributed by atoms with Crippen molar-refractivity contribution in [1.82, 2.24) is 14.6 Å². The lowest BCUT2D eigenvalue weighted by molar-refractivity contribution is -0.158. The maximum Gasteiger partial charge on any atom is 0.163 e. The van der Waals surface area contributed by atoms with Crippen molar-refractivity contribution in [2.75, 3.05) is 11.9 Å². The number of ether oxygens (including phenoxy) is 2. The molecule has 2 aromatic heterocycles. The van der Waals surface area contributed by atoms with Crippen LogP contribution < -0.4 is 5.32 Å². The van der Waals surface area contributed by atoms with E-state index in [0.717, 1.165) is 35.6 Å². The molecule has 0 bridgehead atoms. The van der Waals surface area contributed by atoms with Gasteiger partial charge >= 0.3 is 0 Å². The van der Waals surface area contributed by atoms with Gasteiger partial charge in [0.25, 0.3) is 0 Å². The Balaban J connectivity index is 1.30. The van der Waals surface area contributed by atoms with Crippen molar-refractivity contribution < 1.29 is 14.6 Å². The summed E-state index contributed by atoms with van der Waals surface area (Å²) in [4.78, 5) is 4.54. The van der Waals surface area contributed by atoms with Gasteiger partial charge in [0.2, 0.25) is 0 Å². The van der Waals surface area contributed by atoms with Crippen LogP contribution in [0.15, 0.2) is 48.7 Å². The topological polar surface area (TPSA) is 80.9 Å². The summed E-state index contributed by atoms with van der Waals surface area (Å²) < 4.78 is 14.1. The summed E-state index contributed by atoms with van der Waals surface area (Å²) in [6.07, 6.45) is 8.23. The molecule has 1 saturated heterocycles. The molecule has 3 aromatic rings. The number of nitrogens with one attached hydrogen (secondary N) is 1. The number of aromatic nitrogens is 3. The fourth-order valence-corrected chi connectivity index (χ4v) is 5.55. The molecular weight excluding hydrogens is 416 g/mol. The molecule has 6 rings (SSSR count). The van der Waals surface area contributed by atoms with E-state index in [1.807, 2.05) is 30.5 Å². The number of aliphatic hydroxyl groups excluding tert-OH is 1. The normalized spacial score (nSPS) is 28.3. The SMILES string of the molecule is CC1(C)O[C@@H]2[C@@H](CO)C[C@@H](Nc3ccnc4cc(-c5cccc(C6=CCCC6)c5)nn34)[C@@H]2O1. The monoisotopic (exact) mass is 446 g/mol. The number of anilines is 1. The maximum atomic E-state index is 9.87. The molecular formula is C26H30N4O3. The highest BCUT2D eigenvalue weighted by atomic mass is 16.8. The molecule has 2 N–H and O–H groups in total. The lowest BCUT2D eigenvalue weighted by atomic mass is 10.0. The maximum absolute atomic E-state index is 9.87. The van der Waals surface area contributed by atoms with Crippen LogP contribution in [0, 0.1) is 5.92 Å². The first-order valence-corrected chi connectivity index (χ1v) is 11.9. The predicted molar refractivity (Wildman–Crippen MR) is 127 cm³/mol. The van der Waals surface area contributed by atoms with Crippen molar-refractivity contribution in [3.05, 3.63) is 54.2 Å². The molecule has 0 radical (unpaired) electrons. The second-order valence-corrected chi connectivity index (χ2v) is 9.83. The summed E-state index contributed by atoms with van der Waals surface area (Å²) in [6.45, 7) is 3.94. The van der Waals surface area contributed by atoms with E-state index in [2.05, 4.69) is 40.6 Å². The van der Waals surface area contributed by atoms with Crippen molar-refractivity contribution in [1.29, 1.82) is 0 Å². The van der Waals surface area contributed by atoms with Crippen molar-refractivity contribution >= 4 is 17.0 Å². The number of hydrogen-bond donors (Lipinski definition) is 2. The third-order valence-corrected chi connectivity index (χ3v) is 7.08. The predicted octanol–water partition coefficient (Wildman–Crippen LogP) is 4.28. The largest absolute Gasteiger partial charge is 0.396 e. The van der Waals surface area contributed by atoms with Crippen molar-refractivity contribution in [2.45, 2.75) is 63.6 Å². The van der Waals surface area contributed by atoms with Gasteiger partial charge in [-0.1, -0.05) is 24.3 Å². The number of allylic oxidation sites excluding steroid dienone is 2. The molecule has 3 aliphatic rings. The summed E-state index contributed by atoms with van der Waals surface area (Å²) in [7, 11) is 0. The summed E-state index contributed by atoms with van der Waals surface area (Å²) in [5.41, 5.74) is 5.49. The molecule has 1 aromatic carbocycles. The van der Waals surface area contributed by atoms with Gasteiger partial charge in [-0.15, -0.1) is 0 Å². The van der Waals surface area contributed by atoms with E-state index >= 15 is 0 Å². The van der Waals surface area contributed by atoms with Gasteiger partial charge in [-0.2, -0.15) is 9.61 Å². The number of hydrogen-bond acceptors (Lipinski definition) is 6. The van der Waals surface area contributed by atoms with Crippen LogP contribution in [0.3, 0.4) is 0 Å². The first-order chi connectivity index (χ1) is 16.0. The van der Waals surface area contributed by atoms with Crippen molar-refractivity contribution in [3.63, 3.8) is 0 Å². The van der Waals surface area contributed by atoms with E-state index in [1.54, 1.807) is 6.20 Å². The van der Waals surface area contributed by atoms with Gasteiger partial charge in [0.15, 0.2) is 11.4 Å². The Labute approximate surface area is 193 Å². The summed E-state index contributed by atoms with van der Waals surface area (Å²) in [5, 5.41) is 18.4. The van der Waals surface area contributed by atoms with Crippen molar-refractivity contribution in [3.8, 4) is 11.3 Å². The summed E-state index contributed by atoms with van der Waals surface area (Å²) in [6, 6.07) is 12.6. The minimum Gasteiger partial charge on any atom is -0.396 e. The molecule has 2 fully saturated rings. The molecule has 2 aliphatic carbocycles. The van der Waals surface area contributed by atoms with Gasteiger partial charge in [-0.3, -0.25) is 0 Å². The van der Waals surface area contributed by atoms with E-state index in [0.29, 0.717) is 0 Å². The van der Waals surface area contributed by atoms with Crippen LogP contribution in [0.2, 0.25) is 0 Å². The molecule has 0 spiro atoms. The highest BCUT2D eigenvalue weighted by Gasteiger charge is 2.53. The Kier molecular flexibility index (Phi) is 5.01. The molecule has 1 aliphatic heterocycles. The van der Waals surface area contributed by atoms with E-state index in [9.17, 15) is 5.11 Å². The zero-order valence-electron chi connectivity index (χ0n) is 19.1. The van der Waals surface area contributed by atoms with Crippen LogP contribution >= 0.6 is 0 Å². The van der Waals surface area contributed by atoms with Crippen LogP contribution in [0.5, 0.6) is 0 Å². The zero-order chi connectivity index (χ0) is 22.6. The van der Waals surface area contributed by atoms with Gasteiger partial charge in [-0.25, -0.2) is 4.98 Å². The van der Waals surface area contributed by atoms with Crippen LogP contribution in [0.25, 0.3) is 22.5 Å². The molecule has 7 nitrogen and oxygen atoms in total. The number of fused-ring (bicyclic) bond motifs is 2. The van der Waals surface area contributed by atoms with E-state index in [4.69, 9.17) is 14.6 Å². The number of rotatable bonds is 5. The standard InChI is InChI=1S/C26H30N4O3/c1-26(2)32-24-19(15-31)13-21(25(24)33-26)28-22-10-11-27-23-14-20(29-30(22)23)18-9-5-8-17(12-18)16-6-3-4-7-16/h5-6,8-12,14,19,21,24-25,28,31H,3-4,7,13,15H2,1-2H3/t19-,21-,24-,25+/m1/s1. The Morgan fingerprint density at radius 3 is 2.82 bits per heavy atom. The lowest BCUT2D eigenvalue weighted by Gasteiger charge is -2.24. The number of aliphatic hydroxyl groups is 1. The Morgan fingerprint density at radius 1 is 1.15 bits per heavy atom. The smallest absolute Gasteiger partial charge is 0.163 e. The molecule has 1 saturated carbocycles. The van der Waals surface area contributed by atoms with Crippen LogP contribution in [-0.4, -0.2) is 50.3 Å². The van der Waals surface area contributed by atoms with Gasteiger partial charge < -0.3 is 19.9 Å². The number of nitrogens with zero attached hydrogens (tertiary/aromatic N) is 3. The van der Waals surface area contributed by atoms with E-state index in [-0.39, 0.29) is 30.8 Å². The van der Waals surface area contributed by atoms with Gasteiger partial charge in [-0.05, 0) is 62.8 Å². The van der Waals surface area contributed by atoms with Crippen LogP contribution in [-0.2, 0) is 9.47 Å². The number of benzene rings is 1. The van der Waals surface area contributed by atoms with E-state index in [1.165, 1.54) is 24.0 Å². The minimum absolute atomic E-state index is 0.0183. The Morgan fingerprint density at radius 2 is 2.00 bits per heavy atom. The van der Waals surface area contributed by atoms with Crippen LogP contribution in [0.4, 0.5) is 5.82 Å². The molecule has 172 valence electrons. The molecule has 7 heteroatoms. The van der Waals surface area contributed by atoms with Crippen molar-refractivity contribution in [2.24, 2.45) is 5.92 Å². The van der Waals surface area contributed by atoms with Gasteiger partial charge in [0, 0.05) is 30.4 Å². The Hall–Kier alpha value is -2.74. The minimum atomic E-state index is -0.644. The third-order valence-electron chi connectivity index (χ3n) is 7.08. The zero-order valence-corrected chi connectivity index (χ0v) is 19.1. The lowest BCUT2D eigenvalue weighted by Crippen LogP contribution is -2.35. The highest BCUT2D eigenvalue weighted by molar-refractivity contribution is 5.73. The molecule has 0 amide bonds. The van der Waals surface area contributed by atoms with Gasteiger partial charge in [0.05, 0.1) is 17.8 Å². The first kappa shape index (κ1) is 20.8. The molecule has 3 heterocycles. The summed E-state index contributed by atoms with van der Waals surface area (Å²) >= 11 is 0. The summed E-state index contributed by atoms with van der Waals surface area (Å²) in [5.74, 6) is 0.263. The van der Waals surface area contributed by atoms with Crippen LogP contribution in [0.1, 0.15) is 45.1 Å². The first-order valence-electron chi connectivity index (χ1n) is 11.9. The second-order valence-electron chi connectivity index (χ2n) is 9.83.